The lowest BCUT2D eigenvalue weighted by molar-refractivity contribution is -0.115. The van der Waals surface area contributed by atoms with Crippen molar-refractivity contribution in [3.63, 3.8) is 0 Å². The van der Waals surface area contributed by atoms with Gasteiger partial charge in [0.2, 0.25) is 5.91 Å². The predicted molar refractivity (Wildman–Crippen MR) is 107 cm³/mol. The average Bonchev–Trinajstić information content (AvgIpc) is 3.22. The number of thiazole rings is 2. The standard InChI is InChI=1S/C19H19N3O3S2/c1-3-25-18(24)17-12(2)20-19(27-17)22-15(23)10-14-11-26-16(21-14)9-13-7-5-4-6-8-13/h4-8,11H,3,9-10H2,1-2H3,(H,20,22,23). The monoisotopic (exact) mass is 401 g/mol. The quantitative estimate of drug-likeness (QED) is 0.608. The van der Waals surface area contributed by atoms with Crippen LogP contribution < -0.4 is 5.32 Å². The first-order valence-electron chi connectivity index (χ1n) is 8.46. The van der Waals surface area contributed by atoms with Crippen LogP contribution in [0.5, 0.6) is 0 Å². The Bertz CT molecular complexity index is 935. The van der Waals surface area contributed by atoms with Crippen LogP contribution in [0, 0.1) is 6.92 Å². The number of carbonyl (C=O) groups excluding carboxylic acids is 2. The number of nitrogens with one attached hydrogen (secondary N) is 1. The van der Waals surface area contributed by atoms with Gasteiger partial charge in [0, 0.05) is 11.8 Å². The summed E-state index contributed by atoms with van der Waals surface area (Å²) in [7, 11) is 0. The lowest BCUT2D eigenvalue weighted by Crippen LogP contribution is -2.14. The summed E-state index contributed by atoms with van der Waals surface area (Å²) in [5.41, 5.74) is 2.46. The Labute approximate surface area is 165 Å². The van der Waals surface area contributed by atoms with Crippen molar-refractivity contribution in [1.29, 1.82) is 0 Å². The normalized spacial score (nSPS) is 10.6. The second-order valence-electron chi connectivity index (χ2n) is 5.77. The van der Waals surface area contributed by atoms with E-state index in [-0.39, 0.29) is 12.3 Å². The molecule has 8 heteroatoms. The van der Waals surface area contributed by atoms with Gasteiger partial charge in [-0.2, -0.15) is 0 Å². The van der Waals surface area contributed by atoms with E-state index in [9.17, 15) is 9.59 Å². The minimum Gasteiger partial charge on any atom is -0.462 e. The van der Waals surface area contributed by atoms with Gasteiger partial charge in [-0.15, -0.1) is 11.3 Å². The number of nitrogens with zero attached hydrogens (tertiary/aromatic N) is 2. The lowest BCUT2D eigenvalue weighted by atomic mass is 10.2. The molecule has 27 heavy (non-hydrogen) atoms. The van der Waals surface area contributed by atoms with Gasteiger partial charge in [-0.05, 0) is 19.4 Å². The van der Waals surface area contributed by atoms with Crippen molar-refractivity contribution < 1.29 is 14.3 Å². The smallest absolute Gasteiger partial charge is 0.350 e. The lowest BCUT2D eigenvalue weighted by Gasteiger charge is -1.99. The predicted octanol–water partition coefficient (Wildman–Crippen LogP) is 3.86. The van der Waals surface area contributed by atoms with Crippen LogP contribution in [0.4, 0.5) is 5.13 Å². The second kappa shape index (κ2) is 8.88. The number of aromatic nitrogens is 2. The molecular formula is C19H19N3O3S2. The Hall–Kier alpha value is -2.58. The second-order valence-corrected chi connectivity index (χ2v) is 7.72. The highest BCUT2D eigenvalue weighted by molar-refractivity contribution is 7.17. The van der Waals surface area contributed by atoms with Gasteiger partial charge in [-0.3, -0.25) is 4.79 Å². The summed E-state index contributed by atoms with van der Waals surface area (Å²) in [5.74, 6) is -0.631. The van der Waals surface area contributed by atoms with Gasteiger partial charge >= 0.3 is 5.97 Å². The van der Waals surface area contributed by atoms with Crippen LogP contribution in [0.15, 0.2) is 35.7 Å². The Kier molecular flexibility index (Phi) is 6.31. The summed E-state index contributed by atoms with van der Waals surface area (Å²) in [4.78, 5) is 33.3. The molecule has 1 aromatic carbocycles. The Balaban J connectivity index is 1.58. The molecule has 0 fully saturated rings. The third-order valence-corrected chi connectivity index (χ3v) is 5.59. The molecule has 0 bridgehead atoms. The highest BCUT2D eigenvalue weighted by Gasteiger charge is 2.18. The van der Waals surface area contributed by atoms with E-state index in [0.717, 1.165) is 28.5 Å². The summed E-state index contributed by atoms with van der Waals surface area (Å²) in [6.45, 7) is 3.76. The Morgan fingerprint density at radius 1 is 1.19 bits per heavy atom. The molecule has 3 aromatic rings. The van der Waals surface area contributed by atoms with Crippen molar-refractivity contribution in [1.82, 2.24) is 9.97 Å². The van der Waals surface area contributed by atoms with E-state index < -0.39 is 5.97 Å². The molecule has 0 saturated heterocycles. The van der Waals surface area contributed by atoms with E-state index in [1.165, 1.54) is 5.56 Å². The Morgan fingerprint density at radius 3 is 2.70 bits per heavy atom. The van der Waals surface area contributed by atoms with Gasteiger partial charge < -0.3 is 10.1 Å². The molecule has 3 rings (SSSR count). The minimum absolute atomic E-state index is 0.165. The van der Waals surface area contributed by atoms with E-state index >= 15 is 0 Å². The van der Waals surface area contributed by atoms with Crippen LogP contribution in [0.3, 0.4) is 0 Å². The highest BCUT2D eigenvalue weighted by Crippen LogP contribution is 2.23. The van der Waals surface area contributed by atoms with Gasteiger partial charge in [0.25, 0.3) is 0 Å². The van der Waals surface area contributed by atoms with Crippen LogP contribution in [0.25, 0.3) is 0 Å². The van der Waals surface area contributed by atoms with Gasteiger partial charge in [0.05, 0.1) is 29.4 Å². The zero-order valence-electron chi connectivity index (χ0n) is 15.0. The zero-order chi connectivity index (χ0) is 19.2. The molecule has 0 radical (unpaired) electrons. The van der Waals surface area contributed by atoms with Gasteiger partial charge in [-0.1, -0.05) is 41.7 Å². The van der Waals surface area contributed by atoms with Gasteiger partial charge in [0.15, 0.2) is 5.13 Å². The van der Waals surface area contributed by atoms with Crippen LogP contribution in [-0.2, 0) is 22.4 Å². The van der Waals surface area contributed by atoms with E-state index in [1.807, 2.05) is 23.6 Å². The SMILES string of the molecule is CCOC(=O)c1sc(NC(=O)Cc2csc(Cc3ccccc3)n2)nc1C. The maximum Gasteiger partial charge on any atom is 0.350 e. The number of hydrogen-bond acceptors (Lipinski definition) is 7. The zero-order valence-corrected chi connectivity index (χ0v) is 16.7. The number of carbonyl (C=O) groups is 2. The summed E-state index contributed by atoms with van der Waals surface area (Å²) in [6.07, 6.45) is 0.917. The number of hydrogen-bond donors (Lipinski definition) is 1. The third kappa shape index (κ3) is 5.21. The van der Waals surface area contributed by atoms with Crippen molar-refractivity contribution in [2.45, 2.75) is 26.7 Å². The number of benzene rings is 1. The molecule has 2 aromatic heterocycles. The molecule has 1 amide bonds. The molecule has 0 aliphatic carbocycles. The van der Waals surface area contributed by atoms with Gasteiger partial charge in [0.1, 0.15) is 4.88 Å². The topological polar surface area (TPSA) is 81.2 Å². The Morgan fingerprint density at radius 2 is 1.96 bits per heavy atom. The highest BCUT2D eigenvalue weighted by atomic mass is 32.1. The first-order valence-corrected chi connectivity index (χ1v) is 10.2. The van der Waals surface area contributed by atoms with Gasteiger partial charge in [-0.25, -0.2) is 14.8 Å². The van der Waals surface area contributed by atoms with Crippen molar-refractivity contribution in [2.75, 3.05) is 11.9 Å². The average molecular weight is 402 g/mol. The van der Waals surface area contributed by atoms with Crippen LogP contribution in [-0.4, -0.2) is 28.5 Å². The molecule has 2 heterocycles. The van der Waals surface area contributed by atoms with E-state index in [1.54, 1.807) is 25.2 Å². The van der Waals surface area contributed by atoms with E-state index in [0.29, 0.717) is 22.3 Å². The number of rotatable bonds is 7. The molecule has 0 spiro atoms. The first kappa shape index (κ1) is 19.2. The molecule has 0 unspecified atom stereocenters. The maximum atomic E-state index is 12.3. The molecule has 0 atom stereocenters. The molecule has 140 valence electrons. The van der Waals surface area contributed by atoms with Crippen molar-refractivity contribution in [2.24, 2.45) is 0 Å². The van der Waals surface area contributed by atoms with Crippen molar-refractivity contribution >= 4 is 39.7 Å². The maximum absolute atomic E-state index is 12.3. The summed E-state index contributed by atoms with van der Waals surface area (Å²) in [5, 5.41) is 5.99. The molecule has 1 N–H and O–H groups in total. The number of anilines is 1. The van der Waals surface area contributed by atoms with E-state index in [4.69, 9.17) is 4.74 Å². The number of aryl methyl sites for hydroxylation is 1. The summed E-state index contributed by atoms with van der Waals surface area (Å²) in [6, 6.07) is 10.1. The fourth-order valence-electron chi connectivity index (χ4n) is 2.45. The van der Waals surface area contributed by atoms with Crippen molar-refractivity contribution in [3.8, 4) is 0 Å². The molecular weight excluding hydrogens is 382 g/mol. The largest absolute Gasteiger partial charge is 0.462 e. The number of amides is 1. The molecule has 0 saturated carbocycles. The number of ether oxygens (including phenoxy) is 1. The van der Waals surface area contributed by atoms with E-state index in [2.05, 4.69) is 27.4 Å². The van der Waals surface area contributed by atoms with Crippen LogP contribution in [0.2, 0.25) is 0 Å². The minimum atomic E-state index is -0.418. The molecule has 6 nitrogen and oxygen atoms in total. The molecule has 0 aliphatic heterocycles. The van der Waals surface area contributed by atoms with Crippen LogP contribution >= 0.6 is 22.7 Å². The fourth-order valence-corrected chi connectivity index (χ4v) is 4.15. The summed E-state index contributed by atoms with van der Waals surface area (Å²) >= 11 is 2.66. The first-order chi connectivity index (χ1) is 13.0. The summed E-state index contributed by atoms with van der Waals surface area (Å²) < 4.78 is 4.98. The van der Waals surface area contributed by atoms with Crippen molar-refractivity contribution in [3.05, 3.63) is 62.5 Å². The number of esters is 1. The molecule has 0 aliphatic rings. The fraction of sp³-hybridized carbons (Fsp3) is 0.263. The van der Waals surface area contributed by atoms with Crippen LogP contribution in [0.1, 0.15) is 38.6 Å². The third-order valence-electron chi connectivity index (χ3n) is 3.64.